The lowest BCUT2D eigenvalue weighted by molar-refractivity contribution is -0.118. The zero-order chi connectivity index (χ0) is 21.6. The number of hydrogen-bond acceptors (Lipinski definition) is 8. The first kappa shape index (κ1) is 21.5. The van der Waals surface area contributed by atoms with E-state index in [0.717, 1.165) is 39.6 Å². The first-order chi connectivity index (χ1) is 15.1. The second kappa shape index (κ2) is 10.0. The Kier molecular flexibility index (Phi) is 6.93. The van der Waals surface area contributed by atoms with Gasteiger partial charge in [-0.3, -0.25) is 14.9 Å². The minimum Gasteiger partial charge on any atom is -0.493 e. The van der Waals surface area contributed by atoms with Crippen molar-refractivity contribution in [3.63, 3.8) is 0 Å². The van der Waals surface area contributed by atoms with E-state index in [4.69, 9.17) is 9.15 Å². The second-order valence-electron chi connectivity index (χ2n) is 6.90. The maximum atomic E-state index is 11.7. The second-order valence-corrected chi connectivity index (χ2v) is 9.07. The summed E-state index contributed by atoms with van der Waals surface area (Å²) in [5.41, 5.74) is 1.87. The summed E-state index contributed by atoms with van der Waals surface area (Å²) >= 11 is 2.62. The van der Waals surface area contributed by atoms with E-state index in [1.165, 1.54) is 0 Å². The Morgan fingerprint density at radius 1 is 1.19 bits per heavy atom. The summed E-state index contributed by atoms with van der Waals surface area (Å²) in [6.45, 7) is 2.39. The molecule has 9 heteroatoms. The molecule has 1 aliphatic heterocycles. The molecular formula is C22H21N3O4S2. The fourth-order valence-corrected chi connectivity index (χ4v) is 4.64. The van der Waals surface area contributed by atoms with Crippen LogP contribution in [0, 0.1) is 6.92 Å². The lowest BCUT2D eigenvalue weighted by atomic mass is 10.1. The number of carbonyl (C=O) groups is 2. The Morgan fingerprint density at radius 2 is 2.03 bits per heavy atom. The molecule has 0 spiro atoms. The van der Waals surface area contributed by atoms with Gasteiger partial charge in [0.15, 0.2) is 0 Å². The molecule has 31 heavy (non-hydrogen) atoms. The highest BCUT2D eigenvalue weighted by Crippen LogP contribution is 2.24. The molecule has 160 valence electrons. The number of ether oxygens (including phenoxy) is 1. The molecule has 3 aromatic rings. The summed E-state index contributed by atoms with van der Waals surface area (Å²) in [6, 6.07) is 13.4. The van der Waals surface area contributed by atoms with Crippen LogP contribution in [0.3, 0.4) is 0 Å². The highest BCUT2D eigenvalue weighted by atomic mass is 32.2. The number of nitrogens with zero attached hydrogens (tertiary/aromatic N) is 2. The number of pyridine rings is 1. The van der Waals surface area contributed by atoms with Crippen molar-refractivity contribution in [3.05, 3.63) is 71.6 Å². The summed E-state index contributed by atoms with van der Waals surface area (Å²) in [5.74, 6) is 2.63. The predicted molar refractivity (Wildman–Crippen MR) is 119 cm³/mol. The van der Waals surface area contributed by atoms with Crippen LogP contribution in [0.2, 0.25) is 0 Å². The Morgan fingerprint density at radius 3 is 2.74 bits per heavy atom. The number of nitrogens with one attached hydrogen (secondary N) is 1. The Balaban J connectivity index is 1.24. The minimum absolute atomic E-state index is 0.226. The van der Waals surface area contributed by atoms with Gasteiger partial charge >= 0.3 is 0 Å². The van der Waals surface area contributed by atoms with Crippen LogP contribution in [-0.2, 0) is 23.4 Å². The Hall–Kier alpha value is -2.78. The molecule has 0 aliphatic carbocycles. The van der Waals surface area contributed by atoms with E-state index in [9.17, 15) is 9.59 Å². The third-order valence-corrected chi connectivity index (χ3v) is 6.55. The first-order valence-corrected chi connectivity index (χ1v) is 11.7. The molecule has 1 saturated heterocycles. The quantitative estimate of drug-likeness (QED) is 0.480. The number of hydrogen-bond donors (Lipinski definition) is 1. The standard InChI is InChI=1S/C22H21N3O4S2/c1-14-17(24-19(29-14)13-30-20-4-2-3-10-23-20)9-11-28-16-7-5-15(6-8-16)12-18-21(26)25-22(27)31-18/h2-8,10,18H,9,11-13H2,1H3,(H,25,26,27). The van der Waals surface area contributed by atoms with E-state index in [-0.39, 0.29) is 16.4 Å². The molecule has 3 heterocycles. The third-order valence-electron chi connectivity index (χ3n) is 4.64. The van der Waals surface area contributed by atoms with Gasteiger partial charge in [0.05, 0.1) is 28.3 Å². The molecule has 4 rings (SSSR count). The van der Waals surface area contributed by atoms with Crippen molar-refractivity contribution in [2.75, 3.05) is 6.61 Å². The molecule has 2 aromatic heterocycles. The maximum absolute atomic E-state index is 11.7. The van der Waals surface area contributed by atoms with Gasteiger partial charge in [-0.1, -0.05) is 41.7 Å². The monoisotopic (exact) mass is 455 g/mol. The molecule has 7 nitrogen and oxygen atoms in total. The molecule has 0 saturated carbocycles. The van der Waals surface area contributed by atoms with E-state index in [1.54, 1.807) is 18.0 Å². The number of aryl methyl sites for hydroxylation is 1. The zero-order valence-corrected chi connectivity index (χ0v) is 18.5. The highest BCUT2D eigenvalue weighted by Gasteiger charge is 2.31. The molecular weight excluding hydrogens is 434 g/mol. The summed E-state index contributed by atoms with van der Waals surface area (Å²) in [5, 5.41) is 2.60. The van der Waals surface area contributed by atoms with Gasteiger partial charge in [-0.2, -0.15) is 0 Å². The van der Waals surface area contributed by atoms with Gasteiger partial charge in [-0.25, -0.2) is 9.97 Å². The van der Waals surface area contributed by atoms with Gasteiger partial charge in [0.2, 0.25) is 11.8 Å². The predicted octanol–water partition coefficient (Wildman–Crippen LogP) is 4.19. The van der Waals surface area contributed by atoms with E-state index in [1.807, 2.05) is 49.4 Å². The van der Waals surface area contributed by atoms with Crippen LogP contribution in [0.5, 0.6) is 5.75 Å². The van der Waals surface area contributed by atoms with Crippen LogP contribution >= 0.6 is 23.5 Å². The third kappa shape index (κ3) is 5.89. The van der Waals surface area contributed by atoms with Crippen LogP contribution in [0.25, 0.3) is 0 Å². The molecule has 1 fully saturated rings. The number of thioether (sulfide) groups is 2. The SMILES string of the molecule is Cc1oc(CSc2ccccn2)nc1CCOc1ccc(CC2SC(=O)NC2=O)cc1. The van der Waals surface area contributed by atoms with Crippen molar-refractivity contribution in [1.82, 2.24) is 15.3 Å². The number of oxazole rings is 1. The van der Waals surface area contributed by atoms with Crippen molar-refractivity contribution in [2.45, 2.75) is 35.8 Å². The molecule has 1 atom stereocenters. The highest BCUT2D eigenvalue weighted by molar-refractivity contribution is 8.15. The number of benzene rings is 1. The van der Waals surface area contributed by atoms with Gasteiger partial charge in [0.1, 0.15) is 11.5 Å². The topological polar surface area (TPSA) is 94.3 Å². The number of aromatic nitrogens is 2. The molecule has 1 aromatic carbocycles. The van der Waals surface area contributed by atoms with Crippen LogP contribution in [0.4, 0.5) is 4.79 Å². The molecule has 0 bridgehead atoms. The van der Waals surface area contributed by atoms with Crippen molar-refractivity contribution in [3.8, 4) is 5.75 Å². The van der Waals surface area contributed by atoms with Crippen LogP contribution in [0.1, 0.15) is 22.9 Å². The fraction of sp³-hybridized carbons (Fsp3) is 0.273. The molecule has 0 radical (unpaired) electrons. The summed E-state index contributed by atoms with van der Waals surface area (Å²) < 4.78 is 11.6. The lowest BCUT2D eigenvalue weighted by Gasteiger charge is -2.08. The molecule has 1 N–H and O–H groups in total. The van der Waals surface area contributed by atoms with Gasteiger partial charge < -0.3 is 9.15 Å². The van der Waals surface area contributed by atoms with Crippen LogP contribution in [0.15, 0.2) is 58.1 Å². The van der Waals surface area contributed by atoms with Gasteiger partial charge in [0, 0.05) is 12.6 Å². The van der Waals surface area contributed by atoms with Gasteiger partial charge in [0.25, 0.3) is 5.24 Å². The van der Waals surface area contributed by atoms with Crippen molar-refractivity contribution < 1.29 is 18.7 Å². The number of imide groups is 1. The minimum atomic E-state index is -0.362. The van der Waals surface area contributed by atoms with E-state index in [0.29, 0.717) is 31.1 Å². The smallest absolute Gasteiger partial charge is 0.286 e. The molecule has 1 aliphatic rings. The average Bonchev–Trinajstić information content (AvgIpc) is 3.29. The summed E-state index contributed by atoms with van der Waals surface area (Å²) in [7, 11) is 0. The lowest BCUT2D eigenvalue weighted by Crippen LogP contribution is -2.25. The number of rotatable bonds is 9. The fourth-order valence-electron chi connectivity index (χ4n) is 3.08. The van der Waals surface area contributed by atoms with Crippen molar-refractivity contribution >= 4 is 34.7 Å². The average molecular weight is 456 g/mol. The zero-order valence-electron chi connectivity index (χ0n) is 16.9. The van der Waals surface area contributed by atoms with Gasteiger partial charge in [-0.15, -0.1) is 0 Å². The largest absolute Gasteiger partial charge is 0.493 e. The Bertz CT molecular complexity index is 1050. The normalized spacial score (nSPS) is 15.8. The molecule has 2 amide bonds. The summed E-state index contributed by atoms with van der Waals surface area (Å²) in [4.78, 5) is 31.8. The first-order valence-electron chi connectivity index (χ1n) is 9.79. The van der Waals surface area contributed by atoms with Crippen molar-refractivity contribution in [2.24, 2.45) is 0 Å². The van der Waals surface area contributed by atoms with Crippen LogP contribution < -0.4 is 10.1 Å². The van der Waals surface area contributed by atoms with Crippen LogP contribution in [-0.4, -0.2) is 33.0 Å². The van der Waals surface area contributed by atoms with Crippen molar-refractivity contribution in [1.29, 1.82) is 0 Å². The van der Waals surface area contributed by atoms with E-state index < -0.39 is 0 Å². The number of carbonyl (C=O) groups excluding carboxylic acids is 2. The van der Waals surface area contributed by atoms with E-state index in [2.05, 4.69) is 15.3 Å². The number of amides is 2. The molecule has 1 unspecified atom stereocenters. The maximum Gasteiger partial charge on any atom is 0.286 e. The van der Waals surface area contributed by atoms with Gasteiger partial charge in [-0.05, 0) is 43.2 Å². The summed E-state index contributed by atoms with van der Waals surface area (Å²) in [6.07, 6.45) is 2.93. The Labute approximate surface area is 188 Å². The van der Waals surface area contributed by atoms with E-state index >= 15 is 0 Å².